The Kier molecular flexibility index (Phi) is 4.37. The minimum absolute atomic E-state index is 0.00901. The zero-order chi connectivity index (χ0) is 18.4. The van der Waals surface area contributed by atoms with Crippen molar-refractivity contribution >= 4 is 22.4 Å². The molecule has 0 bridgehead atoms. The molecule has 1 aromatic carbocycles. The van der Waals surface area contributed by atoms with Crippen molar-refractivity contribution in [1.82, 2.24) is 14.8 Å². The summed E-state index contributed by atoms with van der Waals surface area (Å²) in [6.45, 7) is 2.66. The van der Waals surface area contributed by atoms with Crippen LogP contribution < -0.4 is 5.32 Å². The van der Waals surface area contributed by atoms with Gasteiger partial charge in [0.25, 0.3) is 0 Å². The number of nitrogens with one attached hydrogen (secondary N) is 1. The highest BCUT2D eigenvalue weighted by Gasteiger charge is 2.36. The summed E-state index contributed by atoms with van der Waals surface area (Å²) in [6, 6.07) is 6.60. The van der Waals surface area contributed by atoms with Crippen LogP contribution in [0.1, 0.15) is 24.5 Å². The van der Waals surface area contributed by atoms with Gasteiger partial charge in [-0.15, -0.1) is 0 Å². The molecule has 1 aliphatic heterocycles. The Morgan fingerprint density at radius 1 is 1.38 bits per heavy atom. The molecule has 26 heavy (non-hydrogen) atoms. The fraction of sp³-hybridized carbons (Fsp3) is 0.476. The summed E-state index contributed by atoms with van der Waals surface area (Å²) in [7, 11) is 4.20. The van der Waals surface area contributed by atoms with Crippen LogP contribution in [0.15, 0.2) is 30.5 Å². The smallest absolute Gasteiger partial charge is 0.228 e. The number of nitrogens with zero attached hydrogens (tertiary/aromatic N) is 2. The lowest BCUT2D eigenvalue weighted by Crippen LogP contribution is -2.48. The van der Waals surface area contributed by atoms with Crippen LogP contribution in [0.4, 0.5) is 0 Å². The van der Waals surface area contributed by atoms with Crippen molar-refractivity contribution in [3.63, 3.8) is 0 Å². The van der Waals surface area contributed by atoms with Gasteiger partial charge in [0.2, 0.25) is 5.91 Å². The van der Waals surface area contributed by atoms with Crippen LogP contribution in [0, 0.1) is 5.92 Å². The van der Waals surface area contributed by atoms with E-state index in [-0.39, 0.29) is 24.5 Å². The summed E-state index contributed by atoms with van der Waals surface area (Å²) in [6.07, 6.45) is 6.12. The van der Waals surface area contributed by atoms with Gasteiger partial charge >= 0.3 is 0 Å². The highest BCUT2D eigenvalue weighted by Crippen LogP contribution is 2.41. The molecule has 0 radical (unpaired) electrons. The standard InChI is InChI=1S/C21H27N3O2/c1-4-15(12-25)22-21(26)14-8-17-16-6-5-7-18-20(16)13(10-23(18)2)9-19(17)24(3)11-14/h5-8,10,14-15,19,25H,4,9,11-12H2,1-3H3,(H,22,26)/t14-,15?,19?/m0/s1. The molecule has 2 aliphatic rings. The lowest BCUT2D eigenvalue weighted by Gasteiger charge is -2.39. The molecule has 2 heterocycles. The Morgan fingerprint density at radius 3 is 2.92 bits per heavy atom. The summed E-state index contributed by atoms with van der Waals surface area (Å²) >= 11 is 0. The average Bonchev–Trinajstić information content (AvgIpc) is 2.97. The van der Waals surface area contributed by atoms with E-state index in [9.17, 15) is 9.90 Å². The van der Waals surface area contributed by atoms with E-state index in [1.54, 1.807) is 0 Å². The zero-order valence-electron chi connectivity index (χ0n) is 15.7. The zero-order valence-corrected chi connectivity index (χ0v) is 15.7. The number of benzene rings is 1. The number of aromatic nitrogens is 1. The van der Waals surface area contributed by atoms with E-state index in [2.05, 4.69) is 59.4 Å². The average molecular weight is 353 g/mol. The quantitative estimate of drug-likeness (QED) is 0.883. The van der Waals surface area contributed by atoms with Crippen LogP contribution in [0.5, 0.6) is 0 Å². The SMILES string of the molecule is CCC(CO)NC(=O)[C@H]1C=C2c3cccc4c3c(cn4C)CC2N(C)C1. The van der Waals surface area contributed by atoms with Crippen LogP contribution in [-0.2, 0) is 18.3 Å². The van der Waals surface area contributed by atoms with Gasteiger partial charge in [-0.3, -0.25) is 9.69 Å². The normalized spacial score (nSPS) is 23.5. The molecule has 2 unspecified atom stereocenters. The van der Waals surface area contributed by atoms with Crippen molar-refractivity contribution in [1.29, 1.82) is 0 Å². The minimum Gasteiger partial charge on any atom is -0.394 e. The Balaban J connectivity index is 1.74. The maximum atomic E-state index is 12.7. The summed E-state index contributed by atoms with van der Waals surface area (Å²) in [4.78, 5) is 15.0. The molecule has 2 N–H and O–H groups in total. The van der Waals surface area contributed by atoms with Crippen molar-refractivity contribution in [2.45, 2.75) is 31.8 Å². The molecular weight excluding hydrogens is 326 g/mol. The van der Waals surface area contributed by atoms with Crippen LogP contribution >= 0.6 is 0 Å². The van der Waals surface area contributed by atoms with Gasteiger partial charge in [0.1, 0.15) is 0 Å². The molecule has 0 saturated heterocycles. The Labute approximate surface area is 154 Å². The van der Waals surface area contributed by atoms with Gasteiger partial charge in [0.05, 0.1) is 18.6 Å². The van der Waals surface area contributed by atoms with Crippen LogP contribution in [0.2, 0.25) is 0 Å². The van der Waals surface area contributed by atoms with Crippen molar-refractivity contribution in [3.05, 3.63) is 41.6 Å². The maximum absolute atomic E-state index is 12.7. The third kappa shape index (κ3) is 2.66. The topological polar surface area (TPSA) is 57.5 Å². The highest BCUT2D eigenvalue weighted by molar-refractivity contribution is 5.99. The second-order valence-electron chi connectivity index (χ2n) is 7.65. The van der Waals surface area contributed by atoms with Crippen molar-refractivity contribution in [3.8, 4) is 0 Å². The molecule has 138 valence electrons. The van der Waals surface area contributed by atoms with Gasteiger partial charge in [0.15, 0.2) is 0 Å². The molecule has 0 fully saturated rings. The molecule has 1 aromatic heterocycles. The number of carbonyl (C=O) groups excluding carboxylic acids is 1. The number of likely N-dealkylation sites (N-methyl/N-ethyl adjacent to an activating group) is 1. The van der Waals surface area contributed by atoms with Crippen LogP contribution in [0.25, 0.3) is 16.5 Å². The van der Waals surface area contributed by atoms with E-state index < -0.39 is 0 Å². The first-order chi connectivity index (χ1) is 12.5. The number of aryl methyl sites for hydroxylation is 1. The van der Waals surface area contributed by atoms with Crippen molar-refractivity contribution in [2.75, 3.05) is 20.2 Å². The van der Waals surface area contributed by atoms with E-state index in [0.717, 1.165) is 12.8 Å². The molecule has 3 atom stereocenters. The van der Waals surface area contributed by atoms with E-state index >= 15 is 0 Å². The van der Waals surface area contributed by atoms with Gasteiger partial charge < -0.3 is 15.0 Å². The number of hydrogen-bond acceptors (Lipinski definition) is 3. The van der Waals surface area contributed by atoms with Gasteiger partial charge in [-0.1, -0.05) is 25.1 Å². The lowest BCUT2D eigenvalue weighted by molar-refractivity contribution is -0.125. The third-order valence-electron chi connectivity index (χ3n) is 5.97. The maximum Gasteiger partial charge on any atom is 0.228 e. The molecule has 1 aliphatic carbocycles. The number of fused-ring (bicyclic) bond motifs is 2. The molecule has 0 spiro atoms. The summed E-state index contributed by atoms with van der Waals surface area (Å²) < 4.78 is 2.20. The minimum atomic E-state index is -0.188. The fourth-order valence-electron chi connectivity index (χ4n) is 4.48. The third-order valence-corrected chi connectivity index (χ3v) is 5.97. The van der Waals surface area contributed by atoms with E-state index in [0.29, 0.717) is 12.6 Å². The monoisotopic (exact) mass is 353 g/mol. The fourth-order valence-corrected chi connectivity index (χ4v) is 4.48. The number of hydrogen-bond donors (Lipinski definition) is 2. The van der Waals surface area contributed by atoms with E-state index in [4.69, 9.17) is 0 Å². The largest absolute Gasteiger partial charge is 0.394 e. The molecule has 2 aromatic rings. The number of aliphatic hydroxyl groups is 1. The van der Waals surface area contributed by atoms with Gasteiger partial charge in [0, 0.05) is 36.7 Å². The van der Waals surface area contributed by atoms with Crippen LogP contribution in [-0.4, -0.2) is 52.8 Å². The van der Waals surface area contributed by atoms with Gasteiger partial charge in [-0.25, -0.2) is 0 Å². The van der Waals surface area contributed by atoms with E-state index in [1.165, 1.54) is 27.6 Å². The van der Waals surface area contributed by atoms with E-state index in [1.807, 2.05) is 6.92 Å². The molecular formula is C21H27N3O2. The number of aliphatic hydroxyl groups excluding tert-OH is 1. The Morgan fingerprint density at radius 2 is 2.19 bits per heavy atom. The van der Waals surface area contributed by atoms with Crippen LogP contribution in [0.3, 0.4) is 0 Å². The summed E-state index contributed by atoms with van der Waals surface area (Å²) in [5.41, 5.74) is 5.16. The Bertz CT molecular complexity index is 879. The first-order valence-electron chi connectivity index (χ1n) is 9.44. The highest BCUT2D eigenvalue weighted by atomic mass is 16.3. The Hall–Kier alpha value is -2.11. The number of amides is 1. The predicted molar refractivity (Wildman–Crippen MR) is 104 cm³/mol. The molecule has 0 saturated carbocycles. The first-order valence-corrected chi connectivity index (χ1v) is 9.44. The second-order valence-corrected chi connectivity index (χ2v) is 7.65. The number of carbonyl (C=O) groups is 1. The van der Waals surface area contributed by atoms with Crippen molar-refractivity contribution < 1.29 is 9.90 Å². The molecule has 5 heteroatoms. The van der Waals surface area contributed by atoms with Crippen molar-refractivity contribution in [2.24, 2.45) is 13.0 Å². The molecule has 4 rings (SSSR count). The lowest BCUT2D eigenvalue weighted by atomic mass is 9.80. The summed E-state index contributed by atoms with van der Waals surface area (Å²) in [5, 5.41) is 13.7. The molecule has 5 nitrogen and oxygen atoms in total. The molecule has 1 amide bonds. The first kappa shape index (κ1) is 17.3. The van der Waals surface area contributed by atoms with Gasteiger partial charge in [-0.2, -0.15) is 0 Å². The second kappa shape index (κ2) is 6.56. The summed E-state index contributed by atoms with van der Waals surface area (Å²) in [5.74, 6) is -0.179. The van der Waals surface area contributed by atoms with Gasteiger partial charge in [-0.05, 0) is 42.7 Å². The number of rotatable bonds is 4. The predicted octanol–water partition coefficient (Wildman–Crippen LogP) is 1.94.